The zero-order valence-corrected chi connectivity index (χ0v) is 32.7. The number of benzene rings is 5. The Balaban J connectivity index is 0.000000433. The Kier molecular flexibility index (Phi) is 13.8. The molecular formula is C41H40Cl2N4O8S. The van der Waals surface area contributed by atoms with Gasteiger partial charge in [-0.1, -0.05) is 77.3 Å². The summed E-state index contributed by atoms with van der Waals surface area (Å²) in [4.78, 5) is 56.4. The maximum atomic E-state index is 13.5. The average molecular weight is 820 g/mol. The van der Waals surface area contributed by atoms with Gasteiger partial charge in [0.05, 0.1) is 4.90 Å². The summed E-state index contributed by atoms with van der Waals surface area (Å²) in [5, 5.41) is 8.73. The highest BCUT2D eigenvalue weighted by atomic mass is 35.5. The molecule has 12 nitrogen and oxygen atoms in total. The van der Waals surface area contributed by atoms with Gasteiger partial charge in [-0.05, 0) is 92.5 Å². The summed E-state index contributed by atoms with van der Waals surface area (Å²) in [5.41, 5.74) is 4.19. The van der Waals surface area contributed by atoms with Gasteiger partial charge in [0.1, 0.15) is 0 Å². The summed E-state index contributed by atoms with van der Waals surface area (Å²) in [6, 6.07) is 27.5. The molecule has 0 fully saturated rings. The molecule has 56 heavy (non-hydrogen) atoms. The zero-order chi connectivity index (χ0) is 39.3. The zero-order valence-electron chi connectivity index (χ0n) is 30.3. The summed E-state index contributed by atoms with van der Waals surface area (Å²) >= 11 is 12.4. The van der Waals surface area contributed by atoms with E-state index in [9.17, 15) is 27.6 Å². The first-order chi connectivity index (χ1) is 26.4. The van der Waals surface area contributed by atoms with Crippen LogP contribution in [0.2, 0.25) is 10.0 Å². The SMILES string of the molecule is Cc1ccc(S(=O)(=O)O)cc1.O.O=C1c2ccc3c4c(ccc(c24)C(=O)N1CCCNCc1ccccc1Cl)C(=O)N(CCCNCc1ccccc1Cl)C3=O. The Morgan fingerprint density at radius 2 is 0.929 bits per heavy atom. The highest BCUT2D eigenvalue weighted by molar-refractivity contribution is 7.85. The fraction of sp³-hybridized carbons (Fsp3) is 0.220. The molecule has 0 spiro atoms. The van der Waals surface area contributed by atoms with Crippen molar-refractivity contribution in [1.29, 1.82) is 0 Å². The molecule has 292 valence electrons. The minimum absolute atomic E-state index is 0. The molecule has 4 amide bonds. The van der Waals surface area contributed by atoms with Gasteiger partial charge in [0.25, 0.3) is 33.7 Å². The molecule has 2 aliphatic heterocycles. The molecule has 5 aromatic rings. The van der Waals surface area contributed by atoms with Gasteiger partial charge in [-0.3, -0.25) is 33.5 Å². The molecule has 0 unspecified atom stereocenters. The maximum Gasteiger partial charge on any atom is 0.294 e. The van der Waals surface area contributed by atoms with E-state index in [0.29, 0.717) is 82.1 Å². The van der Waals surface area contributed by atoms with Gasteiger partial charge in [-0.25, -0.2) is 0 Å². The topological polar surface area (TPSA) is 185 Å². The molecule has 2 heterocycles. The minimum atomic E-state index is -4.02. The molecule has 15 heteroatoms. The first-order valence-corrected chi connectivity index (χ1v) is 19.8. The third-order valence-electron chi connectivity index (χ3n) is 9.40. The monoisotopic (exact) mass is 818 g/mol. The van der Waals surface area contributed by atoms with Gasteiger partial charge < -0.3 is 16.1 Å². The number of nitrogens with zero attached hydrogens (tertiary/aromatic N) is 2. The van der Waals surface area contributed by atoms with E-state index in [2.05, 4.69) is 10.6 Å². The molecular weight excluding hydrogens is 779 g/mol. The van der Waals surface area contributed by atoms with Crippen LogP contribution in [0, 0.1) is 6.92 Å². The molecule has 0 aromatic heterocycles. The van der Waals surface area contributed by atoms with Crippen LogP contribution in [0.15, 0.2) is 102 Å². The number of hydrogen-bond donors (Lipinski definition) is 3. The first-order valence-electron chi connectivity index (χ1n) is 17.6. The van der Waals surface area contributed by atoms with Crippen molar-refractivity contribution in [2.24, 2.45) is 0 Å². The van der Waals surface area contributed by atoms with Crippen LogP contribution in [0.1, 0.15) is 71.0 Å². The van der Waals surface area contributed by atoms with E-state index in [1.165, 1.54) is 21.9 Å². The van der Waals surface area contributed by atoms with Gasteiger partial charge in [-0.2, -0.15) is 8.42 Å². The Morgan fingerprint density at radius 3 is 1.27 bits per heavy atom. The quantitative estimate of drug-likeness (QED) is 0.0716. The van der Waals surface area contributed by atoms with E-state index < -0.39 is 33.7 Å². The van der Waals surface area contributed by atoms with Crippen molar-refractivity contribution in [3.05, 3.63) is 146 Å². The van der Waals surface area contributed by atoms with Crippen molar-refractivity contribution in [2.75, 3.05) is 26.2 Å². The number of carbonyl (C=O) groups is 4. The molecule has 0 radical (unpaired) electrons. The molecule has 7 rings (SSSR count). The molecule has 0 saturated carbocycles. The summed E-state index contributed by atoms with van der Waals surface area (Å²) < 4.78 is 29.6. The van der Waals surface area contributed by atoms with E-state index in [1.54, 1.807) is 36.4 Å². The van der Waals surface area contributed by atoms with Gasteiger partial charge in [0, 0.05) is 69.3 Å². The Morgan fingerprint density at radius 1 is 0.571 bits per heavy atom. The van der Waals surface area contributed by atoms with Gasteiger partial charge >= 0.3 is 0 Å². The Bertz CT molecular complexity index is 2210. The standard InChI is InChI=1S/C34H30Cl2N4O4.C7H8O3S.H2O/c35-27-9-3-1-7-21(27)19-37-15-5-17-39-31(41)23-11-13-25-30-26(14-12-24(29(23)30)32(39)42)34(44)40(33(25)43)18-6-16-38-20-22-8-2-4-10-28(22)36;1-6-2-4-7(5-3-6)11(8,9)10;/h1-4,7-14,37-38H,5-6,15-20H2;2-5H,1H3,(H,8,9,10);1H2. The summed E-state index contributed by atoms with van der Waals surface area (Å²) in [6.07, 6.45) is 1.10. The second-order valence-corrected chi connectivity index (χ2v) is 15.4. The lowest BCUT2D eigenvalue weighted by Crippen LogP contribution is -2.44. The lowest BCUT2D eigenvalue weighted by atomic mass is 9.86. The van der Waals surface area contributed by atoms with Crippen LogP contribution in [0.5, 0.6) is 0 Å². The minimum Gasteiger partial charge on any atom is -0.412 e. The van der Waals surface area contributed by atoms with E-state index in [4.69, 9.17) is 27.8 Å². The van der Waals surface area contributed by atoms with Crippen LogP contribution in [-0.2, 0) is 23.2 Å². The van der Waals surface area contributed by atoms with E-state index >= 15 is 0 Å². The molecule has 0 saturated heterocycles. The number of aryl methyl sites for hydroxylation is 1. The smallest absolute Gasteiger partial charge is 0.294 e. The van der Waals surface area contributed by atoms with Gasteiger partial charge in [0.2, 0.25) is 0 Å². The normalized spacial score (nSPS) is 13.4. The van der Waals surface area contributed by atoms with E-state index in [1.807, 2.05) is 55.5 Å². The molecule has 2 aliphatic rings. The van der Waals surface area contributed by atoms with Crippen molar-refractivity contribution >= 4 is 67.7 Å². The van der Waals surface area contributed by atoms with Crippen molar-refractivity contribution in [2.45, 2.75) is 37.8 Å². The fourth-order valence-corrected chi connectivity index (χ4v) is 7.43. The van der Waals surface area contributed by atoms with Crippen molar-refractivity contribution in [3.63, 3.8) is 0 Å². The highest BCUT2D eigenvalue weighted by Gasteiger charge is 2.39. The van der Waals surface area contributed by atoms with Gasteiger partial charge in [-0.15, -0.1) is 0 Å². The maximum absolute atomic E-state index is 13.5. The van der Waals surface area contributed by atoms with Crippen molar-refractivity contribution < 1.29 is 37.6 Å². The lowest BCUT2D eigenvalue weighted by Gasteiger charge is -2.32. The van der Waals surface area contributed by atoms with Crippen molar-refractivity contribution in [1.82, 2.24) is 20.4 Å². The first kappa shape index (κ1) is 42.2. The third kappa shape index (κ3) is 9.17. The third-order valence-corrected chi connectivity index (χ3v) is 11.0. The Hall–Kier alpha value is -4.99. The van der Waals surface area contributed by atoms with Crippen LogP contribution in [0.4, 0.5) is 0 Å². The molecule has 5 N–H and O–H groups in total. The number of nitrogens with one attached hydrogen (secondary N) is 2. The fourth-order valence-electron chi connectivity index (χ4n) is 6.54. The second-order valence-electron chi connectivity index (χ2n) is 13.1. The van der Waals surface area contributed by atoms with E-state index in [-0.39, 0.29) is 23.5 Å². The largest absolute Gasteiger partial charge is 0.412 e. The van der Waals surface area contributed by atoms with Crippen LogP contribution in [-0.4, -0.2) is 78.1 Å². The van der Waals surface area contributed by atoms with Crippen LogP contribution >= 0.6 is 23.2 Å². The number of imide groups is 2. The lowest BCUT2D eigenvalue weighted by molar-refractivity contribution is 0.0587. The number of amides is 4. The van der Waals surface area contributed by atoms with E-state index in [0.717, 1.165) is 16.7 Å². The number of halogens is 2. The second kappa shape index (κ2) is 18.3. The predicted octanol–water partition coefficient (Wildman–Crippen LogP) is 6.12. The van der Waals surface area contributed by atoms with Gasteiger partial charge in [0.15, 0.2) is 0 Å². The summed E-state index contributed by atoms with van der Waals surface area (Å²) in [5.74, 6) is -1.71. The highest BCUT2D eigenvalue weighted by Crippen LogP contribution is 2.38. The molecule has 5 aromatic carbocycles. The van der Waals surface area contributed by atoms with Crippen LogP contribution < -0.4 is 10.6 Å². The molecule has 0 bridgehead atoms. The average Bonchev–Trinajstić information content (AvgIpc) is 3.16. The molecule has 0 aliphatic carbocycles. The molecule has 0 atom stereocenters. The van der Waals surface area contributed by atoms with Crippen LogP contribution in [0.25, 0.3) is 10.8 Å². The summed E-state index contributed by atoms with van der Waals surface area (Å²) in [7, 11) is -4.02. The predicted molar refractivity (Wildman–Crippen MR) is 215 cm³/mol. The van der Waals surface area contributed by atoms with Crippen molar-refractivity contribution in [3.8, 4) is 0 Å². The Labute approximate surface area is 334 Å². The number of rotatable bonds is 13. The number of carbonyl (C=O) groups excluding carboxylic acids is 4. The summed E-state index contributed by atoms with van der Waals surface area (Å²) in [6.45, 7) is 4.61. The number of hydrogen-bond acceptors (Lipinski definition) is 8. The van der Waals surface area contributed by atoms with Crippen LogP contribution in [0.3, 0.4) is 0 Å².